The predicted octanol–water partition coefficient (Wildman–Crippen LogP) is 12.6. The molecule has 0 saturated carbocycles. The van der Waals surface area contributed by atoms with Crippen LogP contribution >= 0.6 is 0 Å². The third-order valence-electron chi connectivity index (χ3n) is 9.75. The molecule has 7 aromatic carbocycles. The van der Waals surface area contributed by atoms with E-state index >= 15 is 0 Å². The number of hydrogen-bond donors (Lipinski definition) is 0. The Kier molecular flexibility index (Phi) is 5.44. The van der Waals surface area contributed by atoms with Gasteiger partial charge in [-0.05, 0) is 105 Å². The molecule has 0 amide bonds. The number of benzene rings is 7. The van der Waals surface area contributed by atoms with Gasteiger partial charge in [-0.3, -0.25) is 0 Å². The van der Waals surface area contributed by atoms with E-state index in [1.807, 2.05) is 12.1 Å². The average molecular weight is 589 g/mol. The summed E-state index contributed by atoms with van der Waals surface area (Å²) in [6.45, 7) is 0. The van der Waals surface area contributed by atoms with Crippen molar-refractivity contribution in [3.63, 3.8) is 0 Å². The topological polar surface area (TPSA) is 26.3 Å². The first kappa shape index (κ1) is 25.5. The molecule has 0 radical (unpaired) electrons. The number of furan rings is 2. The van der Waals surface area contributed by atoms with E-state index < -0.39 is 0 Å². The van der Waals surface area contributed by atoms with Crippen LogP contribution in [0.5, 0.6) is 0 Å². The van der Waals surface area contributed by atoms with Crippen LogP contribution in [0.15, 0.2) is 148 Å². The van der Waals surface area contributed by atoms with E-state index in [1.54, 1.807) is 0 Å². The zero-order valence-corrected chi connectivity index (χ0v) is 25.1. The standard InChI is InChI=1S/C44H28O2/c1-2-11-27(12-3-1)28-21-23-35-41(26-28)46-40-20-10-18-36(44(35)40)43-33-16-6-4-14-31(33)42(32-15-5-7-17-34(32)43)29-22-24-39-37(25-29)30-13-8-9-19-38(30)45-39/h1-6,8-16,18-26H,7,17H2. The van der Waals surface area contributed by atoms with Gasteiger partial charge in [-0.2, -0.15) is 0 Å². The summed E-state index contributed by atoms with van der Waals surface area (Å²) < 4.78 is 12.8. The Morgan fingerprint density at radius 2 is 1.15 bits per heavy atom. The first-order chi connectivity index (χ1) is 22.8. The normalized spacial score (nSPS) is 13.0. The number of fused-ring (bicyclic) bond motifs is 8. The van der Waals surface area contributed by atoms with Crippen molar-refractivity contribution in [1.82, 2.24) is 0 Å². The molecule has 0 aliphatic heterocycles. The fourth-order valence-electron chi connectivity index (χ4n) is 7.73. The van der Waals surface area contributed by atoms with Gasteiger partial charge in [0.05, 0.1) is 0 Å². The molecule has 0 fully saturated rings. The van der Waals surface area contributed by atoms with E-state index in [1.165, 1.54) is 55.1 Å². The summed E-state index contributed by atoms with van der Waals surface area (Å²) in [5, 5.41) is 7.16. The van der Waals surface area contributed by atoms with Crippen LogP contribution in [0, 0.1) is 0 Å². The maximum Gasteiger partial charge on any atom is 0.136 e. The van der Waals surface area contributed by atoms with Gasteiger partial charge in [-0.1, -0.05) is 109 Å². The van der Waals surface area contributed by atoms with Gasteiger partial charge in [-0.15, -0.1) is 0 Å². The molecule has 216 valence electrons. The average Bonchev–Trinajstić information content (AvgIpc) is 3.68. The van der Waals surface area contributed by atoms with E-state index in [9.17, 15) is 0 Å². The highest BCUT2D eigenvalue weighted by atomic mass is 16.3. The molecular weight excluding hydrogens is 560 g/mol. The van der Waals surface area contributed by atoms with Gasteiger partial charge < -0.3 is 8.83 Å². The molecule has 0 spiro atoms. The van der Waals surface area contributed by atoms with Crippen LogP contribution in [0.2, 0.25) is 0 Å². The fourth-order valence-corrected chi connectivity index (χ4v) is 7.73. The van der Waals surface area contributed by atoms with Crippen LogP contribution in [0.3, 0.4) is 0 Å². The molecule has 0 saturated heterocycles. The molecule has 10 rings (SSSR count). The van der Waals surface area contributed by atoms with E-state index in [2.05, 4.69) is 133 Å². The fraction of sp³-hybridized carbons (Fsp3) is 0.0455. The zero-order valence-electron chi connectivity index (χ0n) is 25.1. The zero-order chi connectivity index (χ0) is 30.2. The Hall–Kier alpha value is -5.86. The summed E-state index contributed by atoms with van der Waals surface area (Å²) in [5.41, 5.74) is 13.8. The summed E-state index contributed by atoms with van der Waals surface area (Å²) >= 11 is 0. The summed E-state index contributed by atoms with van der Waals surface area (Å²) in [7, 11) is 0. The molecule has 1 aliphatic carbocycles. The molecule has 2 heteroatoms. The lowest BCUT2D eigenvalue weighted by molar-refractivity contribution is 0.668. The second kappa shape index (κ2) is 9.82. The largest absolute Gasteiger partial charge is 0.456 e. The first-order valence-electron chi connectivity index (χ1n) is 16.0. The van der Waals surface area contributed by atoms with Crippen molar-refractivity contribution in [3.8, 4) is 33.4 Å². The highest BCUT2D eigenvalue weighted by Gasteiger charge is 2.24. The lowest BCUT2D eigenvalue weighted by atomic mass is 9.79. The number of rotatable bonds is 3. The predicted molar refractivity (Wildman–Crippen MR) is 192 cm³/mol. The van der Waals surface area contributed by atoms with Crippen molar-refractivity contribution >= 4 is 60.7 Å². The van der Waals surface area contributed by atoms with Gasteiger partial charge in [0.2, 0.25) is 0 Å². The first-order valence-corrected chi connectivity index (χ1v) is 16.0. The molecule has 0 unspecified atom stereocenters. The second-order valence-corrected chi connectivity index (χ2v) is 12.3. The van der Waals surface area contributed by atoms with Crippen molar-refractivity contribution < 1.29 is 8.83 Å². The summed E-state index contributed by atoms with van der Waals surface area (Å²) in [4.78, 5) is 0. The number of para-hydroxylation sites is 1. The molecule has 0 N–H and O–H groups in total. The van der Waals surface area contributed by atoms with Crippen LogP contribution in [-0.4, -0.2) is 0 Å². The smallest absolute Gasteiger partial charge is 0.136 e. The van der Waals surface area contributed by atoms with Crippen molar-refractivity contribution in [3.05, 3.63) is 151 Å². The minimum Gasteiger partial charge on any atom is -0.456 e. The van der Waals surface area contributed by atoms with Gasteiger partial charge in [-0.25, -0.2) is 0 Å². The number of hydrogen-bond acceptors (Lipinski definition) is 2. The van der Waals surface area contributed by atoms with Crippen LogP contribution in [0.4, 0.5) is 0 Å². The van der Waals surface area contributed by atoms with Gasteiger partial charge in [0.25, 0.3) is 0 Å². The molecule has 0 bridgehead atoms. The molecule has 9 aromatic rings. The maximum absolute atomic E-state index is 6.57. The lowest BCUT2D eigenvalue weighted by Gasteiger charge is -2.24. The van der Waals surface area contributed by atoms with Gasteiger partial charge in [0.15, 0.2) is 0 Å². The molecule has 1 aliphatic rings. The quantitative estimate of drug-likeness (QED) is 0.205. The van der Waals surface area contributed by atoms with Crippen LogP contribution < -0.4 is 0 Å². The summed E-state index contributed by atoms with van der Waals surface area (Å²) in [6.07, 6.45) is 6.68. The minimum absolute atomic E-state index is 0.916. The van der Waals surface area contributed by atoms with E-state index in [0.29, 0.717) is 0 Å². The van der Waals surface area contributed by atoms with E-state index in [-0.39, 0.29) is 0 Å². The van der Waals surface area contributed by atoms with Crippen molar-refractivity contribution in [2.24, 2.45) is 0 Å². The van der Waals surface area contributed by atoms with E-state index in [4.69, 9.17) is 8.83 Å². The minimum atomic E-state index is 0.916. The molecule has 2 aromatic heterocycles. The highest BCUT2D eigenvalue weighted by molar-refractivity contribution is 6.19. The van der Waals surface area contributed by atoms with Crippen molar-refractivity contribution in [2.75, 3.05) is 0 Å². The Morgan fingerprint density at radius 1 is 0.435 bits per heavy atom. The third kappa shape index (κ3) is 3.71. The summed E-state index contributed by atoms with van der Waals surface area (Å²) in [5.74, 6) is 0. The van der Waals surface area contributed by atoms with Crippen LogP contribution in [0.25, 0.3) is 94.1 Å². The molecule has 2 nitrogen and oxygen atoms in total. The Balaban J connectivity index is 1.26. The van der Waals surface area contributed by atoms with E-state index in [0.717, 1.165) is 56.9 Å². The van der Waals surface area contributed by atoms with Gasteiger partial charge in [0, 0.05) is 21.5 Å². The lowest BCUT2D eigenvalue weighted by Crippen LogP contribution is -2.02. The molecule has 46 heavy (non-hydrogen) atoms. The van der Waals surface area contributed by atoms with Crippen LogP contribution in [-0.2, 0) is 6.42 Å². The SMILES string of the molecule is C1=Cc2c(c(-c3cccc4oc5cc(-c6ccccc6)ccc5c34)c3ccccc3c2-c2ccc3oc4ccccc4c3c2)CC1. The van der Waals surface area contributed by atoms with Gasteiger partial charge >= 0.3 is 0 Å². The monoisotopic (exact) mass is 588 g/mol. The third-order valence-corrected chi connectivity index (χ3v) is 9.75. The molecule has 0 atom stereocenters. The second-order valence-electron chi connectivity index (χ2n) is 12.3. The Bertz CT molecular complexity index is 2680. The van der Waals surface area contributed by atoms with Crippen molar-refractivity contribution in [1.29, 1.82) is 0 Å². The highest BCUT2D eigenvalue weighted by Crippen LogP contribution is 2.48. The summed E-state index contributed by atoms with van der Waals surface area (Å²) in [6, 6.07) is 47.6. The van der Waals surface area contributed by atoms with Crippen LogP contribution in [0.1, 0.15) is 17.5 Å². The Morgan fingerprint density at radius 3 is 2.04 bits per heavy atom. The number of allylic oxidation sites excluding steroid dienone is 1. The molecule has 2 heterocycles. The molecular formula is C44H28O2. The van der Waals surface area contributed by atoms with Crippen molar-refractivity contribution in [2.45, 2.75) is 12.8 Å². The maximum atomic E-state index is 6.57. The van der Waals surface area contributed by atoms with Gasteiger partial charge in [0.1, 0.15) is 22.3 Å². The Labute approximate surface area is 265 Å².